The minimum Gasteiger partial charge on any atom is -0.397 e. The van der Waals surface area contributed by atoms with Crippen LogP contribution in [0.3, 0.4) is 0 Å². The first kappa shape index (κ1) is 65.5. The molecule has 8 heteroatoms. The lowest BCUT2D eigenvalue weighted by atomic mass is 10.0. The number of hydrogen-bond donors (Lipinski definition) is 0. The zero-order valence-electron chi connectivity index (χ0n) is 45.6. The number of unbranched alkanes of at least 4 members (excludes halogenated alkanes) is 45. The van der Waals surface area contributed by atoms with Gasteiger partial charge >= 0.3 is 27.4 Å². The molecule has 0 N–H and O–H groups in total. The summed E-state index contributed by atoms with van der Waals surface area (Å²) < 4.78 is 32.5. The molecule has 2 radical (unpaired) electrons. The monoisotopic (exact) mass is 969 g/mol. The average molecular weight is 970 g/mol. The maximum atomic E-state index is 6.97. The Morgan fingerprint density at radius 2 is 0.431 bits per heavy atom. The molecule has 0 aliphatic carbocycles. The van der Waals surface area contributed by atoms with Crippen LogP contribution in [0.25, 0.3) is 0 Å². The maximum Gasteiger partial charge on any atom is 0.482 e. The minimum absolute atomic E-state index is 0.884. The first-order valence-corrected chi connectivity index (χ1v) is 34.8. The summed E-state index contributed by atoms with van der Waals surface area (Å²) >= 11 is 0. The molecule has 0 spiro atoms. The Bertz CT molecular complexity index is 823. The molecule has 0 aromatic heterocycles. The Hall–Kier alpha value is 0.451. The topological polar surface area (TPSA) is 46.2 Å². The summed E-state index contributed by atoms with van der Waals surface area (Å²) in [7, 11) is -0.332. The SMILES string of the molecule is CCCCCCCCCCCCCCCCCC[Si](OC)O[Si](CCCCCCCCCCCCCCCCCC)(OC)O[Si](CCCCCCCCCCCCCCCCCC)OC. The van der Waals surface area contributed by atoms with Crippen LogP contribution in [0.5, 0.6) is 0 Å². The number of hydrogen-bond acceptors (Lipinski definition) is 5. The van der Waals surface area contributed by atoms with Crippen LogP contribution in [0.4, 0.5) is 0 Å². The van der Waals surface area contributed by atoms with E-state index in [0.29, 0.717) is 0 Å². The Morgan fingerprint density at radius 1 is 0.246 bits per heavy atom. The third-order valence-electron chi connectivity index (χ3n) is 14.1. The summed E-state index contributed by atoms with van der Waals surface area (Å²) in [6.45, 7) is 6.92. The van der Waals surface area contributed by atoms with Gasteiger partial charge in [0.25, 0.3) is 0 Å². The molecule has 0 heterocycles. The van der Waals surface area contributed by atoms with Crippen LogP contribution in [0.2, 0.25) is 18.1 Å². The number of rotatable bonds is 58. The van der Waals surface area contributed by atoms with Gasteiger partial charge in [0.2, 0.25) is 0 Å². The van der Waals surface area contributed by atoms with E-state index in [0.717, 1.165) is 24.6 Å². The van der Waals surface area contributed by atoms with Crippen molar-refractivity contribution in [2.45, 2.75) is 347 Å². The van der Waals surface area contributed by atoms with E-state index in [2.05, 4.69) is 20.8 Å². The second-order valence-electron chi connectivity index (χ2n) is 20.4. The van der Waals surface area contributed by atoms with Crippen molar-refractivity contribution in [3.05, 3.63) is 0 Å². The van der Waals surface area contributed by atoms with Crippen molar-refractivity contribution in [3.8, 4) is 0 Å². The van der Waals surface area contributed by atoms with E-state index in [1.54, 1.807) is 0 Å². The smallest absolute Gasteiger partial charge is 0.397 e. The van der Waals surface area contributed by atoms with Gasteiger partial charge in [-0.25, -0.2) is 0 Å². The van der Waals surface area contributed by atoms with Crippen LogP contribution in [0.15, 0.2) is 0 Å². The molecule has 0 aromatic carbocycles. The second-order valence-corrected chi connectivity index (χ2v) is 27.6. The molecule has 0 aromatic rings. The quantitative estimate of drug-likeness (QED) is 0.0449. The van der Waals surface area contributed by atoms with Crippen LogP contribution in [-0.4, -0.2) is 48.7 Å². The van der Waals surface area contributed by atoms with Crippen molar-refractivity contribution in [2.75, 3.05) is 21.3 Å². The zero-order chi connectivity index (χ0) is 47.3. The molecule has 0 fully saturated rings. The van der Waals surface area contributed by atoms with Gasteiger partial charge in [-0.2, -0.15) is 0 Å². The van der Waals surface area contributed by atoms with Gasteiger partial charge in [0.1, 0.15) is 0 Å². The molecule has 5 nitrogen and oxygen atoms in total. The summed E-state index contributed by atoms with van der Waals surface area (Å²) in [5.74, 6) is 0. The molecule has 0 saturated heterocycles. The highest BCUT2D eigenvalue weighted by molar-refractivity contribution is 6.74. The lowest BCUT2D eigenvalue weighted by molar-refractivity contribution is 0.161. The normalized spacial score (nSPS) is 12.2. The third-order valence-corrected chi connectivity index (χ3v) is 22.4. The van der Waals surface area contributed by atoms with Crippen molar-refractivity contribution in [2.24, 2.45) is 0 Å². The van der Waals surface area contributed by atoms with Crippen molar-refractivity contribution in [3.63, 3.8) is 0 Å². The standard InChI is InChI=1S/C57H120O5Si3/c1-7-10-13-16-19-22-25-28-31-34-37-40-43-46-49-52-55-63(58-4)61-65(60-6,57-54-51-48-45-42-39-36-33-30-27-24-21-18-15-12-9-3)62-64(59-5)56-53-50-47-44-41-38-35-32-29-26-23-20-17-14-11-8-2/h7-57H2,1-6H3. The van der Waals surface area contributed by atoms with Gasteiger partial charge in [-0.1, -0.05) is 323 Å². The van der Waals surface area contributed by atoms with Crippen LogP contribution < -0.4 is 0 Å². The van der Waals surface area contributed by atoms with Crippen LogP contribution in [0.1, 0.15) is 329 Å². The summed E-state index contributed by atoms with van der Waals surface area (Å²) in [5, 5.41) is 0. The fourth-order valence-corrected chi connectivity index (χ4v) is 18.2. The molecule has 0 aliphatic heterocycles. The summed E-state index contributed by atoms with van der Waals surface area (Å²) in [6.07, 6.45) is 66.5. The van der Waals surface area contributed by atoms with Crippen molar-refractivity contribution in [1.29, 1.82) is 0 Å². The molecule has 0 bridgehead atoms. The van der Waals surface area contributed by atoms with Crippen LogP contribution >= 0.6 is 0 Å². The predicted molar refractivity (Wildman–Crippen MR) is 294 cm³/mol. The molecule has 0 atom stereocenters. The van der Waals surface area contributed by atoms with Gasteiger partial charge in [0, 0.05) is 27.4 Å². The van der Waals surface area contributed by atoms with Crippen molar-refractivity contribution >= 4 is 27.4 Å². The first-order valence-electron chi connectivity index (χ1n) is 29.8. The molecule has 390 valence electrons. The molecule has 0 amide bonds. The van der Waals surface area contributed by atoms with E-state index in [4.69, 9.17) is 21.5 Å². The van der Waals surface area contributed by atoms with E-state index >= 15 is 0 Å². The Morgan fingerprint density at radius 3 is 0.615 bits per heavy atom. The van der Waals surface area contributed by atoms with Gasteiger partial charge in [-0.15, -0.1) is 0 Å². The molecule has 0 aliphatic rings. The van der Waals surface area contributed by atoms with Crippen LogP contribution in [0, 0.1) is 0 Å². The second kappa shape index (κ2) is 55.4. The lowest BCUT2D eigenvalue weighted by Gasteiger charge is -2.33. The Kier molecular flexibility index (Phi) is 55.8. The van der Waals surface area contributed by atoms with Crippen LogP contribution in [-0.2, 0) is 21.5 Å². The van der Waals surface area contributed by atoms with E-state index in [1.165, 1.54) is 302 Å². The highest BCUT2D eigenvalue weighted by Crippen LogP contribution is 2.26. The Labute approximate surface area is 415 Å². The molecular formula is C57H120O5Si3. The van der Waals surface area contributed by atoms with E-state index < -0.39 is 27.4 Å². The van der Waals surface area contributed by atoms with Gasteiger partial charge < -0.3 is 21.5 Å². The van der Waals surface area contributed by atoms with Gasteiger partial charge in [0.15, 0.2) is 0 Å². The fraction of sp³-hybridized carbons (Fsp3) is 1.00. The first-order chi connectivity index (χ1) is 32.1. The van der Waals surface area contributed by atoms with Gasteiger partial charge in [0.05, 0.1) is 0 Å². The average Bonchev–Trinajstić information content (AvgIpc) is 3.32. The van der Waals surface area contributed by atoms with E-state index in [-0.39, 0.29) is 0 Å². The molecule has 0 rings (SSSR count). The molecule has 0 unspecified atom stereocenters. The predicted octanol–water partition coefficient (Wildman–Crippen LogP) is 20.7. The van der Waals surface area contributed by atoms with Crippen molar-refractivity contribution in [1.82, 2.24) is 0 Å². The fourth-order valence-electron chi connectivity index (χ4n) is 9.57. The molecule has 65 heavy (non-hydrogen) atoms. The minimum atomic E-state index is -2.93. The van der Waals surface area contributed by atoms with Gasteiger partial charge in [-0.05, 0) is 18.5 Å². The summed E-state index contributed by atoms with van der Waals surface area (Å²) in [6, 6.07) is 2.90. The highest BCUT2D eigenvalue weighted by atomic mass is 28.5. The van der Waals surface area contributed by atoms with E-state index in [1.807, 2.05) is 21.3 Å². The third kappa shape index (κ3) is 47.9. The highest BCUT2D eigenvalue weighted by Gasteiger charge is 2.45. The maximum absolute atomic E-state index is 6.97. The lowest BCUT2D eigenvalue weighted by Crippen LogP contribution is -2.53. The summed E-state index contributed by atoms with van der Waals surface area (Å²) in [4.78, 5) is 0. The van der Waals surface area contributed by atoms with Gasteiger partial charge in [-0.3, -0.25) is 0 Å². The van der Waals surface area contributed by atoms with Crippen molar-refractivity contribution < 1.29 is 21.5 Å². The molecule has 0 saturated carbocycles. The Balaban J connectivity index is 4.63. The molecular weight excluding hydrogens is 849 g/mol. The largest absolute Gasteiger partial charge is 0.482 e. The zero-order valence-corrected chi connectivity index (χ0v) is 48.6. The van der Waals surface area contributed by atoms with E-state index in [9.17, 15) is 0 Å². The summed E-state index contributed by atoms with van der Waals surface area (Å²) in [5.41, 5.74) is 0.